The van der Waals surface area contributed by atoms with E-state index < -0.39 is 6.09 Å². The molecule has 0 unspecified atom stereocenters. The van der Waals surface area contributed by atoms with Crippen LogP contribution in [-0.4, -0.2) is 68.0 Å². The first-order chi connectivity index (χ1) is 16.6. The van der Waals surface area contributed by atoms with E-state index in [1.807, 2.05) is 12.1 Å². The van der Waals surface area contributed by atoms with Crippen molar-refractivity contribution in [2.24, 2.45) is 0 Å². The number of benzene rings is 1. The van der Waals surface area contributed by atoms with E-state index in [-0.39, 0.29) is 18.6 Å². The molecule has 1 atom stereocenters. The predicted molar refractivity (Wildman–Crippen MR) is 126 cm³/mol. The Morgan fingerprint density at radius 2 is 2.12 bits per heavy atom. The van der Waals surface area contributed by atoms with Crippen molar-refractivity contribution in [3.8, 4) is 11.6 Å². The fourth-order valence-electron chi connectivity index (χ4n) is 3.89. The third kappa shape index (κ3) is 4.50. The number of nitrogens with zero attached hydrogens (tertiary/aromatic N) is 3. The van der Waals surface area contributed by atoms with Crippen molar-refractivity contribution in [1.82, 2.24) is 15.3 Å². The first kappa shape index (κ1) is 21.7. The Morgan fingerprint density at radius 3 is 3.00 bits per heavy atom. The quantitative estimate of drug-likeness (QED) is 0.429. The third-order valence-electron chi connectivity index (χ3n) is 5.54. The molecule has 0 radical (unpaired) electrons. The first-order valence-corrected chi connectivity index (χ1v) is 10.9. The summed E-state index contributed by atoms with van der Waals surface area (Å²) in [4.78, 5) is 34.3. The van der Waals surface area contributed by atoms with Gasteiger partial charge in [-0.15, -0.1) is 0 Å². The number of hydrogen-bond donors (Lipinski definition) is 3. The van der Waals surface area contributed by atoms with Crippen LogP contribution in [0.15, 0.2) is 42.6 Å². The number of nitrogens with one attached hydrogen (secondary N) is 3. The molecule has 0 aliphatic carbocycles. The molecule has 2 aliphatic heterocycles. The van der Waals surface area contributed by atoms with Crippen LogP contribution in [-0.2, 0) is 9.53 Å². The molecule has 0 spiro atoms. The lowest BCUT2D eigenvalue weighted by Crippen LogP contribution is -2.33. The van der Waals surface area contributed by atoms with Gasteiger partial charge in [0.1, 0.15) is 17.4 Å². The number of fused-ring (bicyclic) bond motifs is 2. The van der Waals surface area contributed by atoms with Gasteiger partial charge in [0, 0.05) is 37.6 Å². The second-order valence-corrected chi connectivity index (χ2v) is 7.84. The molecule has 34 heavy (non-hydrogen) atoms. The molecule has 5 rings (SSSR count). The highest BCUT2D eigenvalue weighted by atomic mass is 16.6. The van der Waals surface area contributed by atoms with Gasteiger partial charge in [-0.1, -0.05) is 0 Å². The molecule has 11 nitrogen and oxygen atoms in total. The summed E-state index contributed by atoms with van der Waals surface area (Å²) in [5.41, 5.74) is 3.59. The van der Waals surface area contributed by atoms with Crippen molar-refractivity contribution < 1.29 is 23.8 Å². The Hall–Kier alpha value is -4.12. The molecule has 176 valence electrons. The van der Waals surface area contributed by atoms with Crippen LogP contribution in [0.3, 0.4) is 0 Å². The van der Waals surface area contributed by atoms with Gasteiger partial charge in [-0.2, -0.15) is 0 Å². The molecule has 1 saturated heterocycles. The molecule has 3 aromatic rings. The van der Waals surface area contributed by atoms with Gasteiger partial charge < -0.3 is 30.2 Å². The maximum absolute atomic E-state index is 12.4. The minimum atomic E-state index is -0.420. The Labute approximate surface area is 195 Å². The summed E-state index contributed by atoms with van der Waals surface area (Å²) in [6.07, 6.45) is 1.02. The molecule has 4 heterocycles. The summed E-state index contributed by atoms with van der Waals surface area (Å²) in [5.74, 6) is 0.888. The van der Waals surface area contributed by atoms with E-state index in [0.29, 0.717) is 49.2 Å². The zero-order chi connectivity index (χ0) is 23.5. The van der Waals surface area contributed by atoms with E-state index in [1.165, 1.54) is 0 Å². The number of carbonyl (C=O) groups is 2. The minimum Gasteiger partial charge on any atom is -0.482 e. The summed E-state index contributed by atoms with van der Waals surface area (Å²) in [7, 11) is 1.58. The number of methoxy groups -OCH3 is 1. The number of aromatic nitrogens is 2. The summed E-state index contributed by atoms with van der Waals surface area (Å²) in [6.45, 7) is 2.21. The number of cyclic esters (lactones) is 1. The van der Waals surface area contributed by atoms with Crippen molar-refractivity contribution in [3.63, 3.8) is 0 Å². The smallest absolute Gasteiger partial charge is 0.414 e. The predicted octanol–water partition coefficient (Wildman–Crippen LogP) is 2.00. The molecule has 0 bridgehead atoms. The van der Waals surface area contributed by atoms with Gasteiger partial charge in [-0.25, -0.2) is 9.78 Å². The average Bonchev–Trinajstić information content (AvgIpc) is 3.23. The van der Waals surface area contributed by atoms with Crippen LogP contribution in [0.5, 0.6) is 11.6 Å². The van der Waals surface area contributed by atoms with Crippen LogP contribution in [0.1, 0.15) is 0 Å². The second kappa shape index (κ2) is 9.40. The van der Waals surface area contributed by atoms with E-state index >= 15 is 0 Å². The minimum absolute atomic E-state index is 0.0111. The molecular formula is C23H24N6O5. The van der Waals surface area contributed by atoms with Crippen LogP contribution < -0.4 is 30.3 Å². The topological polar surface area (TPSA) is 127 Å². The maximum atomic E-state index is 12.4. The molecule has 1 fully saturated rings. The lowest BCUT2D eigenvalue weighted by molar-refractivity contribution is -0.118. The van der Waals surface area contributed by atoms with Gasteiger partial charge in [-0.3, -0.25) is 14.7 Å². The van der Waals surface area contributed by atoms with Gasteiger partial charge >= 0.3 is 6.09 Å². The fraction of sp³-hybridized carbons (Fsp3) is 0.304. The van der Waals surface area contributed by atoms with Crippen molar-refractivity contribution in [3.05, 3.63) is 42.6 Å². The highest BCUT2D eigenvalue weighted by Crippen LogP contribution is 2.33. The molecule has 0 saturated carbocycles. The molecule has 2 aliphatic rings. The summed E-state index contributed by atoms with van der Waals surface area (Å²) in [5, 5.41) is 9.42. The molecule has 2 amide bonds. The molecule has 11 heteroatoms. The lowest BCUT2D eigenvalue weighted by atomic mass is 10.2. The summed E-state index contributed by atoms with van der Waals surface area (Å²) < 4.78 is 16.1. The van der Waals surface area contributed by atoms with Gasteiger partial charge in [0.15, 0.2) is 6.61 Å². The van der Waals surface area contributed by atoms with Crippen LogP contribution in [0.4, 0.5) is 21.9 Å². The van der Waals surface area contributed by atoms with Crippen molar-refractivity contribution in [1.29, 1.82) is 0 Å². The van der Waals surface area contributed by atoms with Crippen LogP contribution in [0.25, 0.3) is 11.0 Å². The number of pyridine rings is 2. The van der Waals surface area contributed by atoms with Crippen molar-refractivity contribution >= 4 is 40.1 Å². The van der Waals surface area contributed by atoms with E-state index in [2.05, 4.69) is 25.9 Å². The number of ether oxygens (including phenoxy) is 3. The van der Waals surface area contributed by atoms with Crippen LogP contribution in [0, 0.1) is 0 Å². The van der Waals surface area contributed by atoms with E-state index in [4.69, 9.17) is 14.2 Å². The fourth-order valence-corrected chi connectivity index (χ4v) is 3.89. The van der Waals surface area contributed by atoms with Gasteiger partial charge in [0.05, 0.1) is 30.5 Å². The molecule has 3 N–H and O–H groups in total. The standard InChI is InChI=1S/C23H24N6O5/c1-32-21-5-3-16-22(28-21)17(6-7-25-16)26-9-8-24-11-15-12-29(23(31)34-15)14-2-4-19-18(10-14)27-20(30)13-33-19/h2-7,10,15,24H,8-9,11-13H2,1H3,(H,25,26)(H,27,30)/t15-/m1/s1. The van der Waals surface area contributed by atoms with Gasteiger partial charge in [0.2, 0.25) is 5.88 Å². The number of anilines is 3. The van der Waals surface area contributed by atoms with Gasteiger partial charge in [0.25, 0.3) is 5.91 Å². The van der Waals surface area contributed by atoms with Gasteiger partial charge in [-0.05, 0) is 30.3 Å². The summed E-state index contributed by atoms with van der Waals surface area (Å²) in [6, 6.07) is 10.8. The highest BCUT2D eigenvalue weighted by Gasteiger charge is 2.32. The largest absolute Gasteiger partial charge is 0.482 e. The molecular weight excluding hydrogens is 440 g/mol. The molecule has 1 aromatic carbocycles. The maximum Gasteiger partial charge on any atom is 0.414 e. The zero-order valence-electron chi connectivity index (χ0n) is 18.5. The lowest BCUT2D eigenvalue weighted by Gasteiger charge is -2.20. The Balaban J connectivity index is 1.12. The Morgan fingerprint density at radius 1 is 1.21 bits per heavy atom. The SMILES string of the molecule is COc1ccc2nccc(NCCNC[C@@H]3CN(c4ccc5c(c4)NC(=O)CO5)C(=O)O3)c2n1. The van der Waals surface area contributed by atoms with E-state index in [0.717, 1.165) is 16.7 Å². The Bertz CT molecular complexity index is 1240. The monoisotopic (exact) mass is 464 g/mol. The number of amides is 2. The van der Waals surface area contributed by atoms with E-state index in [9.17, 15) is 9.59 Å². The molecule has 2 aromatic heterocycles. The van der Waals surface area contributed by atoms with E-state index in [1.54, 1.807) is 42.5 Å². The highest BCUT2D eigenvalue weighted by molar-refractivity contribution is 5.97. The zero-order valence-corrected chi connectivity index (χ0v) is 18.5. The third-order valence-corrected chi connectivity index (χ3v) is 5.54. The number of hydrogen-bond acceptors (Lipinski definition) is 9. The van der Waals surface area contributed by atoms with Crippen LogP contribution >= 0.6 is 0 Å². The second-order valence-electron chi connectivity index (χ2n) is 7.84. The van der Waals surface area contributed by atoms with Crippen LogP contribution in [0.2, 0.25) is 0 Å². The summed E-state index contributed by atoms with van der Waals surface area (Å²) >= 11 is 0. The Kier molecular flexibility index (Phi) is 6.00. The van der Waals surface area contributed by atoms with Crippen molar-refractivity contribution in [2.45, 2.75) is 6.10 Å². The normalized spacial score (nSPS) is 17.1. The average molecular weight is 464 g/mol. The van der Waals surface area contributed by atoms with Crippen molar-refractivity contribution in [2.75, 3.05) is 55.4 Å². The number of carbonyl (C=O) groups excluding carboxylic acids is 2. The number of rotatable bonds is 8. The first-order valence-electron chi connectivity index (χ1n) is 10.9.